The number of amides is 1. The maximum Gasteiger partial charge on any atom is 0.243 e. The van der Waals surface area contributed by atoms with E-state index in [1.54, 1.807) is 18.9 Å². The van der Waals surface area contributed by atoms with Crippen molar-refractivity contribution >= 4 is 5.91 Å². The third kappa shape index (κ3) is 3.51. The van der Waals surface area contributed by atoms with Crippen LogP contribution in [0.2, 0.25) is 0 Å². The number of nitrogens with zero attached hydrogens (tertiary/aromatic N) is 6. The molecule has 7 nitrogen and oxygen atoms in total. The SMILES string of the molecule is O=C(Cn1ccnc1)N1CCCCC1c1nncn1Cc1ccccc1. The first-order valence-corrected chi connectivity index (χ1v) is 8.98. The molecule has 0 radical (unpaired) electrons. The van der Waals surface area contributed by atoms with E-state index in [4.69, 9.17) is 0 Å². The van der Waals surface area contributed by atoms with Gasteiger partial charge in [-0.1, -0.05) is 30.3 Å². The van der Waals surface area contributed by atoms with E-state index in [-0.39, 0.29) is 11.9 Å². The Bertz CT molecular complexity index is 842. The highest BCUT2D eigenvalue weighted by Gasteiger charge is 2.31. The molecule has 0 aliphatic carbocycles. The van der Waals surface area contributed by atoms with Gasteiger partial charge in [-0.05, 0) is 24.8 Å². The van der Waals surface area contributed by atoms with Crippen LogP contribution in [-0.4, -0.2) is 41.7 Å². The number of hydrogen-bond acceptors (Lipinski definition) is 4. The van der Waals surface area contributed by atoms with Crippen LogP contribution in [0.25, 0.3) is 0 Å². The second-order valence-electron chi connectivity index (χ2n) is 6.64. The molecule has 3 heterocycles. The topological polar surface area (TPSA) is 68.8 Å². The molecule has 0 bridgehead atoms. The molecule has 1 amide bonds. The van der Waals surface area contributed by atoms with E-state index in [2.05, 4.69) is 31.9 Å². The lowest BCUT2D eigenvalue weighted by Crippen LogP contribution is -2.41. The standard InChI is InChI=1S/C19H22N6O/c26-18(13-23-11-9-20-14-23)25-10-5-4-8-17(25)19-22-21-15-24(19)12-16-6-2-1-3-7-16/h1-3,6-7,9,11,14-15,17H,4-5,8,10,12-13H2. The van der Waals surface area contributed by atoms with Gasteiger partial charge in [-0.3, -0.25) is 4.79 Å². The molecule has 7 heteroatoms. The van der Waals surface area contributed by atoms with Crippen molar-refractivity contribution in [3.8, 4) is 0 Å². The van der Waals surface area contributed by atoms with Crippen molar-refractivity contribution in [2.75, 3.05) is 6.54 Å². The maximum atomic E-state index is 12.9. The Kier molecular flexibility index (Phi) is 4.77. The average Bonchev–Trinajstić information content (AvgIpc) is 3.34. The Balaban J connectivity index is 1.55. The fourth-order valence-corrected chi connectivity index (χ4v) is 3.55. The fraction of sp³-hybridized carbons (Fsp3) is 0.368. The van der Waals surface area contributed by atoms with Gasteiger partial charge in [0.2, 0.25) is 5.91 Å². The molecule has 0 N–H and O–H groups in total. The molecule has 1 aromatic carbocycles. The number of benzene rings is 1. The third-order valence-corrected chi connectivity index (χ3v) is 4.84. The van der Waals surface area contributed by atoms with E-state index in [0.29, 0.717) is 13.1 Å². The summed E-state index contributed by atoms with van der Waals surface area (Å²) >= 11 is 0. The summed E-state index contributed by atoms with van der Waals surface area (Å²) in [6, 6.07) is 10.2. The van der Waals surface area contributed by atoms with E-state index in [1.807, 2.05) is 33.9 Å². The van der Waals surface area contributed by atoms with Gasteiger partial charge in [-0.2, -0.15) is 0 Å². The first-order valence-electron chi connectivity index (χ1n) is 8.98. The predicted molar refractivity (Wildman–Crippen MR) is 96.1 cm³/mol. The predicted octanol–water partition coefficient (Wildman–Crippen LogP) is 2.28. The minimum Gasteiger partial charge on any atom is -0.331 e. The molecule has 1 atom stereocenters. The highest BCUT2D eigenvalue weighted by Crippen LogP contribution is 2.30. The van der Waals surface area contributed by atoms with Gasteiger partial charge >= 0.3 is 0 Å². The molecule has 134 valence electrons. The fourth-order valence-electron chi connectivity index (χ4n) is 3.55. The molecule has 0 saturated carbocycles. The average molecular weight is 350 g/mol. The highest BCUT2D eigenvalue weighted by atomic mass is 16.2. The number of imidazole rings is 1. The highest BCUT2D eigenvalue weighted by molar-refractivity contribution is 5.76. The van der Waals surface area contributed by atoms with Crippen molar-refractivity contribution in [3.63, 3.8) is 0 Å². The van der Waals surface area contributed by atoms with Crippen LogP contribution in [0.5, 0.6) is 0 Å². The number of hydrogen-bond donors (Lipinski definition) is 0. The maximum absolute atomic E-state index is 12.9. The zero-order valence-electron chi connectivity index (χ0n) is 14.6. The molecular formula is C19H22N6O. The number of piperidine rings is 1. The molecule has 1 aliphatic rings. The van der Waals surface area contributed by atoms with Crippen LogP contribution in [0.4, 0.5) is 0 Å². The van der Waals surface area contributed by atoms with Crippen molar-refractivity contribution in [2.24, 2.45) is 0 Å². The van der Waals surface area contributed by atoms with E-state index in [0.717, 1.165) is 31.6 Å². The van der Waals surface area contributed by atoms with Gasteiger partial charge in [0.05, 0.1) is 18.9 Å². The molecule has 1 fully saturated rings. The van der Waals surface area contributed by atoms with Gasteiger partial charge in [0, 0.05) is 18.9 Å². The summed E-state index contributed by atoms with van der Waals surface area (Å²) in [5, 5.41) is 8.49. The van der Waals surface area contributed by atoms with Gasteiger partial charge in [0.15, 0.2) is 5.82 Å². The van der Waals surface area contributed by atoms with Crippen molar-refractivity contribution in [3.05, 3.63) is 66.8 Å². The lowest BCUT2D eigenvalue weighted by atomic mass is 10.0. The summed E-state index contributed by atoms with van der Waals surface area (Å²) in [6.45, 7) is 1.78. The first-order chi connectivity index (χ1) is 12.8. The van der Waals surface area contributed by atoms with Crippen LogP contribution in [0.3, 0.4) is 0 Å². The van der Waals surface area contributed by atoms with E-state index < -0.39 is 0 Å². The monoisotopic (exact) mass is 350 g/mol. The summed E-state index contributed by atoms with van der Waals surface area (Å²) < 4.78 is 3.87. The largest absolute Gasteiger partial charge is 0.331 e. The van der Waals surface area contributed by atoms with Crippen LogP contribution >= 0.6 is 0 Å². The molecule has 3 aromatic rings. The summed E-state index contributed by atoms with van der Waals surface area (Å²) in [7, 11) is 0. The summed E-state index contributed by atoms with van der Waals surface area (Å²) in [4.78, 5) is 18.8. The van der Waals surface area contributed by atoms with Crippen LogP contribution in [0.15, 0.2) is 55.4 Å². The number of aromatic nitrogens is 5. The van der Waals surface area contributed by atoms with Gasteiger partial charge in [-0.15, -0.1) is 10.2 Å². The molecule has 1 saturated heterocycles. The number of likely N-dealkylation sites (tertiary alicyclic amines) is 1. The second kappa shape index (κ2) is 7.51. The van der Waals surface area contributed by atoms with Crippen LogP contribution in [0.1, 0.15) is 36.7 Å². The van der Waals surface area contributed by atoms with Gasteiger partial charge in [0.1, 0.15) is 12.9 Å². The lowest BCUT2D eigenvalue weighted by Gasteiger charge is -2.35. The van der Waals surface area contributed by atoms with Crippen LogP contribution < -0.4 is 0 Å². The quantitative estimate of drug-likeness (QED) is 0.708. The minimum atomic E-state index is -0.0222. The van der Waals surface area contributed by atoms with Crippen LogP contribution in [-0.2, 0) is 17.9 Å². The smallest absolute Gasteiger partial charge is 0.243 e. The molecule has 1 unspecified atom stereocenters. The molecule has 4 rings (SSSR count). The minimum absolute atomic E-state index is 0.0222. The molecule has 26 heavy (non-hydrogen) atoms. The Morgan fingerprint density at radius 2 is 2.04 bits per heavy atom. The van der Waals surface area contributed by atoms with E-state index >= 15 is 0 Å². The van der Waals surface area contributed by atoms with Crippen LogP contribution in [0, 0.1) is 0 Å². The number of carbonyl (C=O) groups is 1. The van der Waals surface area contributed by atoms with Gasteiger partial charge < -0.3 is 14.0 Å². The molecule has 2 aromatic heterocycles. The van der Waals surface area contributed by atoms with E-state index in [1.165, 1.54) is 5.56 Å². The molecule has 1 aliphatic heterocycles. The van der Waals surface area contributed by atoms with E-state index in [9.17, 15) is 4.79 Å². The Hall–Kier alpha value is -2.96. The van der Waals surface area contributed by atoms with Gasteiger partial charge in [0.25, 0.3) is 0 Å². The summed E-state index contributed by atoms with van der Waals surface area (Å²) in [6.07, 6.45) is 9.98. The van der Waals surface area contributed by atoms with Gasteiger partial charge in [-0.25, -0.2) is 4.98 Å². The lowest BCUT2D eigenvalue weighted by molar-refractivity contribution is -0.136. The number of carbonyl (C=O) groups excluding carboxylic acids is 1. The Morgan fingerprint density at radius 1 is 1.15 bits per heavy atom. The summed E-state index contributed by atoms with van der Waals surface area (Å²) in [5.41, 5.74) is 1.20. The molecular weight excluding hydrogens is 328 g/mol. The Morgan fingerprint density at radius 3 is 2.85 bits per heavy atom. The second-order valence-corrected chi connectivity index (χ2v) is 6.64. The molecule has 0 spiro atoms. The van der Waals surface area contributed by atoms with Crippen molar-refractivity contribution in [1.82, 2.24) is 29.2 Å². The third-order valence-electron chi connectivity index (χ3n) is 4.84. The zero-order valence-corrected chi connectivity index (χ0v) is 14.6. The Labute approximate surface area is 152 Å². The first kappa shape index (κ1) is 16.5. The summed E-state index contributed by atoms with van der Waals surface area (Å²) in [5.74, 6) is 0.967. The van der Waals surface area contributed by atoms with Crippen molar-refractivity contribution < 1.29 is 4.79 Å². The zero-order chi connectivity index (χ0) is 17.8. The normalized spacial score (nSPS) is 17.4. The van der Waals surface area contributed by atoms with Crippen molar-refractivity contribution in [1.29, 1.82) is 0 Å². The van der Waals surface area contributed by atoms with Crippen molar-refractivity contribution in [2.45, 2.75) is 38.4 Å². The number of rotatable bonds is 5.